The molecule has 1 aromatic heterocycles. The Hall–Kier alpha value is -1.88. The molecular formula is C17H16ClN3O4S3. The highest BCUT2D eigenvalue weighted by Gasteiger charge is 2.39. The number of rotatable bonds is 6. The Balaban J connectivity index is 1.73. The molecule has 2 amide bonds. The van der Waals surface area contributed by atoms with Crippen molar-refractivity contribution in [1.29, 1.82) is 0 Å². The summed E-state index contributed by atoms with van der Waals surface area (Å²) < 4.78 is 28.7. The number of carbonyl (C=O) groups is 2. The van der Waals surface area contributed by atoms with Crippen LogP contribution in [0.25, 0.3) is 0 Å². The molecule has 0 radical (unpaired) electrons. The molecule has 1 N–H and O–H groups in total. The molecule has 1 saturated heterocycles. The highest BCUT2D eigenvalue weighted by Crippen LogP contribution is 2.31. The fourth-order valence-electron chi connectivity index (χ4n) is 2.47. The molecule has 11 heteroatoms. The average Bonchev–Trinajstić information content (AvgIpc) is 3.27. The van der Waals surface area contributed by atoms with E-state index in [4.69, 9.17) is 11.6 Å². The van der Waals surface area contributed by atoms with Crippen LogP contribution in [0.3, 0.4) is 0 Å². The number of nitrogens with one attached hydrogen (secondary N) is 1. The van der Waals surface area contributed by atoms with Gasteiger partial charge in [0.25, 0.3) is 10.0 Å². The first kappa shape index (κ1) is 20.8. The number of benzene rings is 1. The van der Waals surface area contributed by atoms with Gasteiger partial charge in [0.05, 0.1) is 0 Å². The molecule has 3 rings (SSSR count). The summed E-state index contributed by atoms with van der Waals surface area (Å²) in [6.45, 7) is 1.99. The van der Waals surface area contributed by atoms with E-state index >= 15 is 0 Å². The van der Waals surface area contributed by atoms with Crippen molar-refractivity contribution in [3.63, 3.8) is 0 Å². The van der Waals surface area contributed by atoms with Crippen LogP contribution in [-0.2, 0) is 19.6 Å². The average molecular weight is 458 g/mol. The smallest absolute Gasteiger partial charge is 0.294 e. The van der Waals surface area contributed by atoms with Crippen molar-refractivity contribution in [3.8, 4) is 0 Å². The van der Waals surface area contributed by atoms with Crippen LogP contribution in [0, 0.1) is 0 Å². The van der Waals surface area contributed by atoms with Crippen LogP contribution in [0.1, 0.15) is 13.3 Å². The summed E-state index contributed by atoms with van der Waals surface area (Å²) in [5, 5.41) is 4.24. The molecule has 1 fully saturated rings. The van der Waals surface area contributed by atoms with Crippen LogP contribution in [0.15, 0.2) is 50.4 Å². The zero-order chi connectivity index (χ0) is 20.3. The monoisotopic (exact) mass is 457 g/mol. The number of sulfonamides is 1. The molecule has 2 aromatic rings. The lowest BCUT2D eigenvalue weighted by Gasteiger charge is -2.13. The second kappa shape index (κ2) is 8.64. The van der Waals surface area contributed by atoms with Crippen LogP contribution < -0.4 is 5.32 Å². The molecule has 0 spiro atoms. The number of thioether (sulfide) groups is 1. The van der Waals surface area contributed by atoms with E-state index < -0.39 is 15.3 Å². The van der Waals surface area contributed by atoms with Gasteiger partial charge in [-0.15, -0.1) is 15.7 Å². The molecule has 1 aromatic carbocycles. The number of hydrogen-bond donors (Lipinski definition) is 1. The van der Waals surface area contributed by atoms with E-state index in [1.807, 2.05) is 0 Å². The van der Waals surface area contributed by atoms with Crippen molar-refractivity contribution in [2.75, 3.05) is 11.9 Å². The lowest BCUT2D eigenvalue weighted by Crippen LogP contribution is -2.33. The van der Waals surface area contributed by atoms with Crippen molar-refractivity contribution in [1.82, 2.24) is 4.90 Å². The maximum absolute atomic E-state index is 12.6. The quantitative estimate of drug-likeness (QED) is 0.716. The van der Waals surface area contributed by atoms with E-state index in [0.29, 0.717) is 10.7 Å². The summed E-state index contributed by atoms with van der Waals surface area (Å²) in [5.74, 6) is -0.689. The van der Waals surface area contributed by atoms with Crippen LogP contribution in [0.2, 0.25) is 5.02 Å². The Morgan fingerprint density at radius 1 is 1.29 bits per heavy atom. The minimum Gasteiger partial charge on any atom is -0.326 e. The van der Waals surface area contributed by atoms with Gasteiger partial charge >= 0.3 is 0 Å². The van der Waals surface area contributed by atoms with E-state index in [-0.39, 0.29) is 34.2 Å². The molecule has 1 aliphatic heterocycles. The molecular weight excluding hydrogens is 442 g/mol. The van der Waals surface area contributed by atoms with Crippen molar-refractivity contribution in [3.05, 3.63) is 46.8 Å². The van der Waals surface area contributed by atoms with Gasteiger partial charge in [-0.05, 0) is 42.6 Å². The third-order valence-electron chi connectivity index (χ3n) is 3.78. The molecule has 0 saturated carbocycles. The van der Waals surface area contributed by atoms with Crippen molar-refractivity contribution >= 4 is 67.4 Å². The predicted molar refractivity (Wildman–Crippen MR) is 112 cm³/mol. The number of thiophene rings is 1. The van der Waals surface area contributed by atoms with Gasteiger partial charge in [0.15, 0.2) is 5.17 Å². The fourth-order valence-corrected chi connectivity index (χ4v) is 5.99. The Morgan fingerprint density at radius 2 is 2.00 bits per heavy atom. The third-order valence-corrected chi connectivity index (χ3v) is 7.97. The van der Waals surface area contributed by atoms with Gasteiger partial charge in [-0.25, -0.2) is 0 Å². The van der Waals surface area contributed by atoms with Gasteiger partial charge in [0.2, 0.25) is 11.8 Å². The second-order valence-electron chi connectivity index (χ2n) is 5.73. The number of halogens is 1. The van der Waals surface area contributed by atoms with Gasteiger partial charge < -0.3 is 5.32 Å². The minimum absolute atomic E-state index is 0.0881. The van der Waals surface area contributed by atoms with E-state index in [1.54, 1.807) is 42.6 Å². The van der Waals surface area contributed by atoms with Gasteiger partial charge in [0.1, 0.15) is 9.46 Å². The standard InChI is InChI=1S/C17H16ClN3O4S3/c1-2-21-16(23)13(10-14(22)19-12-7-5-11(18)6-8-12)27-17(21)20-28(24,25)15-4-3-9-26-15/h3-9,13H,2,10H2,1H3,(H,19,22). The van der Waals surface area contributed by atoms with E-state index in [2.05, 4.69) is 9.71 Å². The van der Waals surface area contributed by atoms with Gasteiger partial charge in [-0.1, -0.05) is 29.4 Å². The summed E-state index contributed by atoms with van der Waals surface area (Å²) in [4.78, 5) is 26.2. The summed E-state index contributed by atoms with van der Waals surface area (Å²) in [7, 11) is -3.89. The molecule has 0 bridgehead atoms. The van der Waals surface area contributed by atoms with E-state index in [0.717, 1.165) is 23.1 Å². The SMILES string of the molecule is CCN1C(=O)C(CC(=O)Nc2ccc(Cl)cc2)SC1=NS(=O)(=O)c1cccs1. The number of amidine groups is 1. The summed E-state index contributed by atoms with van der Waals surface area (Å²) in [6.07, 6.45) is -0.0965. The molecule has 2 heterocycles. The van der Waals surface area contributed by atoms with Crippen LogP contribution in [0.4, 0.5) is 5.69 Å². The topological polar surface area (TPSA) is 95.9 Å². The summed E-state index contributed by atoms with van der Waals surface area (Å²) >= 11 is 7.86. The maximum atomic E-state index is 12.6. The van der Waals surface area contributed by atoms with Crippen molar-refractivity contribution in [2.45, 2.75) is 22.8 Å². The van der Waals surface area contributed by atoms with Crippen molar-refractivity contribution in [2.24, 2.45) is 4.40 Å². The lowest BCUT2D eigenvalue weighted by atomic mass is 10.2. The molecule has 28 heavy (non-hydrogen) atoms. The first-order valence-electron chi connectivity index (χ1n) is 8.22. The molecule has 1 atom stereocenters. The number of anilines is 1. The molecule has 0 aliphatic carbocycles. The molecule has 1 aliphatic rings. The molecule has 1 unspecified atom stereocenters. The Kier molecular flexibility index (Phi) is 6.43. The maximum Gasteiger partial charge on any atom is 0.294 e. The third kappa shape index (κ3) is 4.75. The fraction of sp³-hybridized carbons (Fsp3) is 0.235. The second-order valence-corrected chi connectivity index (χ2v) is 10.1. The predicted octanol–water partition coefficient (Wildman–Crippen LogP) is 3.44. The highest BCUT2D eigenvalue weighted by molar-refractivity contribution is 8.16. The van der Waals surface area contributed by atoms with Gasteiger partial charge in [0, 0.05) is 23.7 Å². The first-order valence-corrected chi connectivity index (χ1v) is 11.8. The number of carbonyl (C=O) groups excluding carboxylic acids is 2. The Labute approximate surface area is 175 Å². The van der Waals surface area contributed by atoms with Gasteiger partial charge in [-0.2, -0.15) is 8.42 Å². The Morgan fingerprint density at radius 3 is 2.61 bits per heavy atom. The van der Waals surface area contributed by atoms with E-state index in [9.17, 15) is 18.0 Å². The zero-order valence-electron chi connectivity index (χ0n) is 14.7. The summed E-state index contributed by atoms with van der Waals surface area (Å²) in [5.41, 5.74) is 0.561. The highest BCUT2D eigenvalue weighted by atomic mass is 35.5. The summed E-state index contributed by atoms with van der Waals surface area (Å²) in [6, 6.07) is 9.67. The number of hydrogen-bond acceptors (Lipinski definition) is 6. The van der Waals surface area contributed by atoms with Gasteiger partial charge in [-0.3, -0.25) is 14.5 Å². The zero-order valence-corrected chi connectivity index (χ0v) is 17.9. The first-order chi connectivity index (χ1) is 13.3. The normalized spacial score (nSPS) is 18.6. The molecule has 7 nitrogen and oxygen atoms in total. The van der Waals surface area contributed by atoms with Crippen LogP contribution >= 0.6 is 34.7 Å². The van der Waals surface area contributed by atoms with Crippen LogP contribution in [0.5, 0.6) is 0 Å². The number of amides is 2. The molecule has 148 valence electrons. The number of nitrogens with zero attached hydrogens (tertiary/aromatic N) is 2. The largest absolute Gasteiger partial charge is 0.326 e. The van der Waals surface area contributed by atoms with E-state index in [1.165, 1.54) is 11.0 Å². The lowest BCUT2D eigenvalue weighted by molar-refractivity contribution is -0.128. The minimum atomic E-state index is -3.89. The van der Waals surface area contributed by atoms with Crippen LogP contribution in [-0.4, -0.2) is 42.1 Å². The van der Waals surface area contributed by atoms with Crippen molar-refractivity contribution < 1.29 is 18.0 Å². The Bertz CT molecular complexity index is 1000.